The summed E-state index contributed by atoms with van der Waals surface area (Å²) in [6.07, 6.45) is -0.965. The molecule has 2 heterocycles. The summed E-state index contributed by atoms with van der Waals surface area (Å²) in [5.74, 6) is 0.0883. The van der Waals surface area contributed by atoms with Gasteiger partial charge in [0.05, 0.1) is 12.2 Å². The standard InChI is InChI=1S/C7H10O3/c1-9-6-3-4-2-5(8)7(6)10-4/h4,6-7H,2-3H2,1H3/t4-,6+,7+/m1/s1/i3D/t3-,4-,6+,7+. The number of ketones is 1. The van der Waals surface area contributed by atoms with Crippen molar-refractivity contribution in [1.82, 2.24) is 0 Å². The number of hydrogen-bond donors (Lipinski definition) is 0. The molecule has 10 heavy (non-hydrogen) atoms. The summed E-state index contributed by atoms with van der Waals surface area (Å²) in [5.41, 5.74) is 0. The predicted molar refractivity (Wildman–Crippen MR) is 33.7 cm³/mol. The molecule has 2 fully saturated rings. The lowest BCUT2D eigenvalue weighted by Crippen LogP contribution is -2.31. The second-order valence-corrected chi connectivity index (χ2v) is 2.66. The fourth-order valence-corrected chi connectivity index (χ4v) is 1.52. The van der Waals surface area contributed by atoms with Gasteiger partial charge >= 0.3 is 0 Å². The van der Waals surface area contributed by atoms with Crippen LogP contribution >= 0.6 is 0 Å². The second-order valence-electron chi connectivity index (χ2n) is 2.66. The molecule has 0 radical (unpaired) electrons. The Labute approximate surface area is 60.7 Å². The number of fused-ring (bicyclic) bond motifs is 2. The molecule has 0 saturated carbocycles. The van der Waals surface area contributed by atoms with Gasteiger partial charge < -0.3 is 9.47 Å². The van der Waals surface area contributed by atoms with Gasteiger partial charge in [-0.2, -0.15) is 0 Å². The predicted octanol–water partition coefficient (Wildman–Crippen LogP) is 0.132. The Kier molecular flexibility index (Phi) is 1.07. The molecule has 0 unspecified atom stereocenters. The van der Waals surface area contributed by atoms with Crippen molar-refractivity contribution in [2.24, 2.45) is 0 Å². The summed E-state index contributed by atoms with van der Waals surface area (Å²) in [6.45, 7) is 0. The summed E-state index contributed by atoms with van der Waals surface area (Å²) >= 11 is 0. The third-order valence-corrected chi connectivity index (χ3v) is 2.02. The van der Waals surface area contributed by atoms with E-state index in [0.717, 1.165) is 0 Å². The molecule has 0 aromatic rings. The summed E-state index contributed by atoms with van der Waals surface area (Å²) in [4.78, 5) is 11.1. The van der Waals surface area contributed by atoms with Gasteiger partial charge in [-0.05, 0) is 0 Å². The number of ether oxygens (including phenoxy) is 2. The molecule has 0 N–H and O–H groups in total. The monoisotopic (exact) mass is 143 g/mol. The number of hydrogen-bond acceptors (Lipinski definition) is 3. The zero-order chi connectivity index (χ0) is 8.01. The van der Waals surface area contributed by atoms with E-state index in [1.165, 1.54) is 7.11 Å². The van der Waals surface area contributed by atoms with Gasteiger partial charge in [0.15, 0.2) is 5.78 Å². The zero-order valence-corrected chi connectivity index (χ0v) is 5.74. The van der Waals surface area contributed by atoms with Gasteiger partial charge in [0, 0.05) is 21.3 Å². The van der Waals surface area contributed by atoms with E-state index in [0.29, 0.717) is 6.42 Å². The molecule has 0 aromatic carbocycles. The van der Waals surface area contributed by atoms with Gasteiger partial charge in [-0.25, -0.2) is 0 Å². The number of rotatable bonds is 1. The Hall–Kier alpha value is -0.410. The van der Waals surface area contributed by atoms with E-state index in [1.807, 2.05) is 0 Å². The number of carbonyl (C=O) groups is 1. The van der Waals surface area contributed by atoms with Crippen molar-refractivity contribution in [3.8, 4) is 0 Å². The lowest BCUT2D eigenvalue weighted by molar-refractivity contribution is -0.126. The third kappa shape index (κ3) is 0.707. The highest BCUT2D eigenvalue weighted by atomic mass is 16.6. The minimum absolute atomic E-state index is 0.0883. The first-order chi connectivity index (χ1) is 5.24. The highest BCUT2D eigenvalue weighted by Gasteiger charge is 2.47. The van der Waals surface area contributed by atoms with Crippen molar-refractivity contribution in [3.05, 3.63) is 0 Å². The Morgan fingerprint density at radius 3 is 3.20 bits per heavy atom. The summed E-state index contributed by atoms with van der Waals surface area (Å²) < 4.78 is 17.8. The molecule has 3 heteroatoms. The smallest absolute Gasteiger partial charge is 0.166 e. The van der Waals surface area contributed by atoms with Crippen molar-refractivity contribution in [2.75, 3.05) is 7.11 Å². The van der Waals surface area contributed by atoms with E-state index in [9.17, 15) is 4.79 Å². The van der Waals surface area contributed by atoms with Crippen LogP contribution in [0, 0.1) is 0 Å². The lowest BCUT2D eigenvalue weighted by atomic mass is 9.97. The van der Waals surface area contributed by atoms with Crippen LogP contribution in [0.4, 0.5) is 0 Å². The molecule has 0 spiro atoms. The fourth-order valence-electron chi connectivity index (χ4n) is 1.52. The van der Waals surface area contributed by atoms with Gasteiger partial charge in [-0.3, -0.25) is 4.79 Å². The first-order valence-corrected chi connectivity index (χ1v) is 3.37. The van der Waals surface area contributed by atoms with Crippen LogP contribution < -0.4 is 0 Å². The summed E-state index contributed by atoms with van der Waals surface area (Å²) in [6, 6.07) is 0. The SMILES string of the molecule is [2H][C@H]1[C@H](OC)[C@H]2O[C@@H]1CC2=O. The van der Waals surface area contributed by atoms with Crippen LogP contribution in [0.15, 0.2) is 0 Å². The normalized spacial score (nSPS) is 53.7. The average Bonchev–Trinajstić information content (AvgIpc) is 2.45. The molecule has 2 rings (SSSR count). The third-order valence-electron chi connectivity index (χ3n) is 2.02. The van der Waals surface area contributed by atoms with E-state index < -0.39 is 6.10 Å². The Bertz CT molecular complexity index is 194. The van der Waals surface area contributed by atoms with Crippen LogP contribution in [0.2, 0.25) is 0 Å². The highest BCUT2D eigenvalue weighted by Crippen LogP contribution is 2.33. The molecule has 56 valence electrons. The molecule has 0 amide bonds. The van der Waals surface area contributed by atoms with Crippen LogP contribution in [0.3, 0.4) is 0 Å². The molecule has 4 atom stereocenters. The first kappa shape index (κ1) is 5.27. The average molecular weight is 143 g/mol. The first-order valence-electron chi connectivity index (χ1n) is 3.95. The van der Waals surface area contributed by atoms with Gasteiger partial charge in [0.25, 0.3) is 0 Å². The molecular weight excluding hydrogens is 132 g/mol. The second kappa shape index (κ2) is 2.04. The van der Waals surface area contributed by atoms with E-state index in [4.69, 9.17) is 10.8 Å². The molecule has 2 saturated heterocycles. The van der Waals surface area contributed by atoms with Gasteiger partial charge in [-0.1, -0.05) is 0 Å². The topological polar surface area (TPSA) is 35.5 Å². The molecule has 2 bridgehead atoms. The fraction of sp³-hybridized carbons (Fsp3) is 0.857. The maximum absolute atomic E-state index is 11.1. The molecule has 0 aliphatic carbocycles. The van der Waals surface area contributed by atoms with Crippen molar-refractivity contribution in [3.63, 3.8) is 0 Å². The maximum Gasteiger partial charge on any atom is 0.166 e. The lowest BCUT2D eigenvalue weighted by Gasteiger charge is -2.14. The summed E-state index contributed by atoms with van der Waals surface area (Å²) in [7, 11) is 1.52. The van der Waals surface area contributed by atoms with Crippen LogP contribution in [0.1, 0.15) is 14.2 Å². The minimum atomic E-state index is -0.451. The quantitative estimate of drug-likeness (QED) is 0.523. The van der Waals surface area contributed by atoms with Crippen molar-refractivity contribution in [1.29, 1.82) is 0 Å². The highest BCUT2D eigenvalue weighted by molar-refractivity contribution is 5.87. The molecule has 2 aliphatic heterocycles. The molecule has 0 aromatic heterocycles. The number of methoxy groups -OCH3 is 1. The summed E-state index contributed by atoms with van der Waals surface area (Å²) in [5, 5.41) is 0. The Balaban J connectivity index is 2.19. The van der Waals surface area contributed by atoms with E-state index in [1.54, 1.807) is 0 Å². The maximum atomic E-state index is 11.1. The Morgan fingerprint density at radius 1 is 1.90 bits per heavy atom. The zero-order valence-electron chi connectivity index (χ0n) is 6.74. The van der Waals surface area contributed by atoms with Crippen LogP contribution in [0.5, 0.6) is 0 Å². The molecular formula is C7H10O3. The van der Waals surface area contributed by atoms with Gasteiger partial charge in [-0.15, -0.1) is 0 Å². The minimum Gasteiger partial charge on any atom is -0.378 e. The van der Waals surface area contributed by atoms with Crippen molar-refractivity contribution in [2.45, 2.75) is 31.1 Å². The van der Waals surface area contributed by atoms with Gasteiger partial charge in [0.1, 0.15) is 6.10 Å². The van der Waals surface area contributed by atoms with E-state index in [-0.39, 0.29) is 24.4 Å². The molecule has 2 aliphatic rings. The van der Waals surface area contributed by atoms with Gasteiger partial charge in [0.2, 0.25) is 0 Å². The number of carbonyl (C=O) groups excluding carboxylic acids is 1. The van der Waals surface area contributed by atoms with E-state index >= 15 is 0 Å². The van der Waals surface area contributed by atoms with Crippen molar-refractivity contribution >= 4 is 5.78 Å². The van der Waals surface area contributed by atoms with Crippen LogP contribution in [0.25, 0.3) is 0 Å². The van der Waals surface area contributed by atoms with Crippen LogP contribution in [-0.4, -0.2) is 31.2 Å². The molecule has 3 nitrogen and oxygen atoms in total. The van der Waals surface area contributed by atoms with Crippen molar-refractivity contribution < 1.29 is 15.6 Å². The Morgan fingerprint density at radius 2 is 2.70 bits per heavy atom. The number of Topliss-reactive ketones (excluding diaryl/α,β-unsaturated/α-hetero) is 1. The largest absolute Gasteiger partial charge is 0.378 e. The van der Waals surface area contributed by atoms with E-state index in [2.05, 4.69) is 0 Å². The van der Waals surface area contributed by atoms with Crippen LogP contribution in [-0.2, 0) is 14.3 Å².